The zero-order valence-corrected chi connectivity index (χ0v) is 17.2. The van der Waals surface area contributed by atoms with E-state index in [1.165, 1.54) is 12.1 Å². The summed E-state index contributed by atoms with van der Waals surface area (Å²) in [5, 5.41) is 10.4. The highest BCUT2D eigenvalue weighted by molar-refractivity contribution is 7.89. The summed E-state index contributed by atoms with van der Waals surface area (Å²) < 4.78 is 28.2. The predicted molar refractivity (Wildman–Crippen MR) is 111 cm³/mol. The summed E-state index contributed by atoms with van der Waals surface area (Å²) in [5.74, 6) is -0.0878. The van der Waals surface area contributed by atoms with Crippen LogP contribution in [0, 0.1) is 0 Å². The number of benzene rings is 2. The molecule has 2 aromatic carbocycles. The highest BCUT2D eigenvalue weighted by Crippen LogP contribution is 2.27. The molecule has 0 bridgehead atoms. The molecule has 2 rings (SSSR count). The molecular weight excluding hydrogens is 382 g/mol. The van der Waals surface area contributed by atoms with Crippen LogP contribution in [0.1, 0.15) is 50.5 Å². The lowest BCUT2D eigenvalue weighted by Crippen LogP contribution is -2.41. The van der Waals surface area contributed by atoms with Crippen LogP contribution in [0.2, 0.25) is 5.02 Å². The van der Waals surface area contributed by atoms with Gasteiger partial charge in [0.15, 0.2) is 0 Å². The second-order valence-corrected chi connectivity index (χ2v) is 8.88. The summed E-state index contributed by atoms with van der Waals surface area (Å²) in [6.07, 6.45) is 5.21. The summed E-state index contributed by atoms with van der Waals surface area (Å²) in [5.41, 5.74) is 1.03. The first kappa shape index (κ1) is 21.9. The van der Waals surface area contributed by atoms with Gasteiger partial charge in [0.05, 0.1) is 17.5 Å². The zero-order chi connectivity index (χ0) is 19.7. The van der Waals surface area contributed by atoms with E-state index < -0.39 is 16.1 Å². The maximum Gasteiger partial charge on any atom is 0.240 e. The molecule has 2 N–H and O–H groups in total. The van der Waals surface area contributed by atoms with E-state index in [-0.39, 0.29) is 17.4 Å². The van der Waals surface area contributed by atoms with Gasteiger partial charge >= 0.3 is 0 Å². The molecule has 0 saturated carbocycles. The molecule has 2 atom stereocenters. The third-order valence-corrected chi connectivity index (χ3v) is 6.47. The minimum Gasteiger partial charge on any atom is -0.395 e. The summed E-state index contributed by atoms with van der Waals surface area (Å²) in [6.45, 7) is 1.89. The smallest absolute Gasteiger partial charge is 0.240 e. The molecule has 148 valence electrons. The maximum absolute atomic E-state index is 12.8. The van der Waals surface area contributed by atoms with E-state index >= 15 is 0 Å². The fourth-order valence-corrected chi connectivity index (χ4v) is 4.61. The van der Waals surface area contributed by atoms with Crippen LogP contribution >= 0.6 is 11.6 Å². The van der Waals surface area contributed by atoms with Crippen molar-refractivity contribution in [2.75, 3.05) is 6.61 Å². The van der Waals surface area contributed by atoms with E-state index in [9.17, 15) is 13.5 Å². The van der Waals surface area contributed by atoms with Crippen LogP contribution in [-0.4, -0.2) is 26.2 Å². The van der Waals surface area contributed by atoms with Crippen molar-refractivity contribution in [3.05, 3.63) is 65.2 Å². The number of unbranched alkanes of at least 4 members (excludes halogenated alkanes) is 3. The number of aliphatic hydroxyl groups is 1. The molecule has 0 heterocycles. The van der Waals surface area contributed by atoms with Crippen LogP contribution in [0.5, 0.6) is 0 Å². The minimum atomic E-state index is -3.75. The number of hydrogen-bond donors (Lipinski definition) is 2. The molecular formula is C21H28ClNO3S. The molecule has 0 aliphatic carbocycles. The zero-order valence-electron chi connectivity index (χ0n) is 15.6. The van der Waals surface area contributed by atoms with E-state index in [1.807, 2.05) is 30.3 Å². The van der Waals surface area contributed by atoms with Gasteiger partial charge in [-0.2, -0.15) is 0 Å². The normalized spacial score (nSPS) is 14.0. The van der Waals surface area contributed by atoms with Gasteiger partial charge in [-0.25, -0.2) is 13.1 Å². The Labute approximate surface area is 167 Å². The molecule has 4 nitrogen and oxygen atoms in total. The third kappa shape index (κ3) is 6.61. The Morgan fingerprint density at radius 3 is 2.26 bits per heavy atom. The first-order valence-electron chi connectivity index (χ1n) is 9.41. The summed E-state index contributed by atoms with van der Waals surface area (Å²) in [7, 11) is -3.75. The van der Waals surface area contributed by atoms with Crippen LogP contribution < -0.4 is 4.72 Å². The number of aliphatic hydroxyl groups excluding tert-OH is 1. The van der Waals surface area contributed by atoms with E-state index in [0.29, 0.717) is 5.02 Å². The molecule has 0 fully saturated rings. The fourth-order valence-electron chi connectivity index (χ4n) is 3.22. The van der Waals surface area contributed by atoms with E-state index in [1.54, 1.807) is 12.1 Å². The number of rotatable bonds is 11. The molecule has 2 unspecified atom stereocenters. The van der Waals surface area contributed by atoms with Crippen molar-refractivity contribution in [1.29, 1.82) is 0 Å². The van der Waals surface area contributed by atoms with Gasteiger partial charge < -0.3 is 5.11 Å². The number of hydrogen-bond acceptors (Lipinski definition) is 3. The Balaban J connectivity index is 2.21. The van der Waals surface area contributed by atoms with Gasteiger partial charge in [-0.15, -0.1) is 0 Å². The van der Waals surface area contributed by atoms with E-state index in [4.69, 9.17) is 11.6 Å². The molecule has 0 spiro atoms. The van der Waals surface area contributed by atoms with Crippen LogP contribution in [-0.2, 0) is 10.0 Å². The van der Waals surface area contributed by atoms with Gasteiger partial charge in [0, 0.05) is 10.9 Å². The topological polar surface area (TPSA) is 66.4 Å². The van der Waals surface area contributed by atoms with Gasteiger partial charge in [-0.1, -0.05) is 74.5 Å². The van der Waals surface area contributed by atoms with Crippen molar-refractivity contribution in [2.24, 2.45) is 0 Å². The maximum atomic E-state index is 12.8. The average molecular weight is 410 g/mol. The Bertz CT molecular complexity index is 779. The lowest BCUT2D eigenvalue weighted by Gasteiger charge is -2.27. The lowest BCUT2D eigenvalue weighted by atomic mass is 9.87. The molecule has 0 aliphatic heterocycles. The van der Waals surface area contributed by atoms with Crippen molar-refractivity contribution in [1.82, 2.24) is 4.72 Å². The fraction of sp³-hybridized carbons (Fsp3) is 0.429. The molecule has 0 aliphatic rings. The van der Waals surface area contributed by atoms with E-state index in [0.717, 1.165) is 37.7 Å². The molecule has 27 heavy (non-hydrogen) atoms. The number of sulfonamides is 1. The Morgan fingerprint density at radius 1 is 1.00 bits per heavy atom. The van der Waals surface area contributed by atoms with Crippen molar-refractivity contribution >= 4 is 21.6 Å². The SMILES string of the molecule is CCCCCCC(c1ccccc1)C(CO)NS(=O)(=O)c1ccc(Cl)cc1. The molecule has 2 aromatic rings. The first-order valence-corrected chi connectivity index (χ1v) is 11.3. The lowest BCUT2D eigenvalue weighted by molar-refractivity contribution is 0.233. The van der Waals surface area contributed by atoms with Crippen molar-refractivity contribution in [2.45, 2.75) is 55.9 Å². The number of halogens is 1. The van der Waals surface area contributed by atoms with Gasteiger partial charge in [0.25, 0.3) is 0 Å². The second-order valence-electron chi connectivity index (χ2n) is 6.73. The standard InChI is InChI=1S/C21H28ClNO3S/c1-2-3-4-8-11-20(17-9-6-5-7-10-17)21(16-24)23-27(25,26)19-14-12-18(22)13-15-19/h5-7,9-10,12-15,20-21,23-24H,2-4,8,11,16H2,1H3. The summed E-state index contributed by atoms with van der Waals surface area (Å²) in [4.78, 5) is 0.142. The Kier molecular flexibility index (Phi) is 8.77. The van der Waals surface area contributed by atoms with Crippen molar-refractivity contribution in [3.63, 3.8) is 0 Å². The molecule has 0 radical (unpaired) electrons. The monoisotopic (exact) mass is 409 g/mol. The van der Waals surface area contributed by atoms with Gasteiger partial charge in [-0.05, 0) is 36.2 Å². The minimum absolute atomic E-state index is 0.0878. The Hall–Kier alpha value is -1.40. The predicted octanol–water partition coefficient (Wildman–Crippen LogP) is 4.73. The highest BCUT2D eigenvalue weighted by Gasteiger charge is 2.27. The largest absolute Gasteiger partial charge is 0.395 e. The third-order valence-electron chi connectivity index (χ3n) is 4.71. The molecule has 6 heteroatoms. The summed E-state index contributed by atoms with van der Waals surface area (Å²) in [6, 6.07) is 15.2. The van der Waals surface area contributed by atoms with Crippen molar-refractivity contribution < 1.29 is 13.5 Å². The van der Waals surface area contributed by atoms with Crippen LogP contribution in [0.4, 0.5) is 0 Å². The molecule has 0 saturated heterocycles. The van der Waals surface area contributed by atoms with Crippen LogP contribution in [0.15, 0.2) is 59.5 Å². The first-order chi connectivity index (χ1) is 13.0. The molecule has 0 aromatic heterocycles. The van der Waals surface area contributed by atoms with Crippen LogP contribution in [0.3, 0.4) is 0 Å². The highest BCUT2D eigenvalue weighted by atomic mass is 35.5. The second kappa shape index (κ2) is 10.8. The quantitative estimate of drug-likeness (QED) is 0.527. The van der Waals surface area contributed by atoms with Crippen molar-refractivity contribution in [3.8, 4) is 0 Å². The Morgan fingerprint density at radius 2 is 1.67 bits per heavy atom. The molecule has 0 amide bonds. The summed E-state index contributed by atoms with van der Waals surface area (Å²) >= 11 is 5.85. The van der Waals surface area contributed by atoms with Gasteiger partial charge in [-0.3, -0.25) is 0 Å². The van der Waals surface area contributed by atoms with E-state index in [2.05, 4.69) is 11.6 Å². The van der Waals surface area contributed by atoms with Gasteiger partial charge in [0.1, 0.15) is 0 Å². The number of nitrogens with one attached hydrogen (secondary N) is 1. The average Bonchev–Trinajstić information content (AvgIpc) is 2.67. The van der Waals surface area contributed by atoms with Crippen LogP contribution in [0.25, 0.3) is 0 Å². The van der Waals surface area contributed by atoms with Gasteiger partial charge in [0.2, 0.25) is 10.0 Å².